The van der Waals surface area contributed by atoms with E-state index in [0.29, 0.717) is 0 Å². The largest absolute Gasteiger partial charge is 0.468 e. The van der Waals surface area contributed by atoms with E-state index in [4.69, 9.17) is 4.74 Å². The quantitative estimate of drug-likeness (QED) is 0.360. The van der Waals surface area contributed by atoms with E-state index in [9.17, 15) is 20.2 Å². The van der Waals surface area contributed by atoms with Crippen molar-refractivity contribution in [3.05, 3.63) is 50.6 Å². The number of nitrogens with zero attached hydrogens (tertiary/aromatic N) is 2. The number of benzene rings is 1. The fourth-order valence-corrected chi connectivity index (χ4v) is 1.68. The van der Waals surface area contributed by atoms with Crippen LogP contribution in [0.3, 0.4) is 0 Å². The predicted molar refractivity (Wildman–Crippen MR) is 67.9 cm³/mol. The van der Waals surface area contributed by atoms with Crippen LogP contribution in [0.2, 0.25) is 0 Å². The SMILES string of the molecule is CC=CC(Br)Oc1cc([N+](=O)[O-])ccc1[N+](=O)[O-]. The van der Waals surface area contributed by atoms with Crippen molar-refractivity contribution in [1.82, 2.24) is 0 Å². The number of halogens is 1. The van der Waals surface area contributed by atoms with E-state index in [1.165, 1.54) is 0 Å². The van der Waals surface area contributed by atoms with Crippen LogP contribution >= 0.6 is 15.9 Å². The first-order valence-corrected chi connectivity index (χ1v) is 5.73. The molecule has 0 spiro atoms. The molecule has 0 saturated carbocycles. The average molecular weight is 317 g/mol. The minimum Gasteiger partial charge on any atom is -0.468 e. The molecule has 1 aromatic carbocycles. The van der Waals surface area contributed by atoms with E-state index in [2.05, 4.69) is 15.9 Å². The third-order valence-electron chi connectivity index (χ3n) is 1.93. The van der Waals surface area contributed by atoms with E-state index >= 15 is 0 Å². The molecule has 0 amide bonds. The van der Waals surface area contributed by atoms with Crippen molar-refractivity contribution >= 4 is 27.3 Å². The third-order valence-corrected chi connectivity index (χ3v) is 2.43. The van der Waals surface area contributed by atoms with E-state index in [-0.39, 0.29) is 17.1 Å². The van der Waals surface area contributed by atoms with E-state index in [1.807, 2.05) is 0 Å². The van der Waals surface area contributed by atoms with Crippen molar-refractivity contribution in [2.75, 3.05) is 0 Å². The lowest BCUT2D eigenvalue weighted by Gasteiger charge is -2.09. The number of non-ortho nitro benzene ring substituents is 1. The fourth-order valence-electron chi connectivity index (χ4n) is 1.17. The number of ether oxygens (including phenoxy) is 1. The highest BCUT2D eigenvalue weighted by Gasteiger charge is 2.21. The number of alkyl halides is 1. The summed E-state index contributed by atoms with van der Waals surface area (Å²) in [5.74, 6) is -0.158. The molecule has 0 aliphatic heterocycles. The lowest BCUT2D eigenvalue weighted by Crippen LogP contribution is -2.06. The lowest BCUT2D eigenvalue weighted by atomic mass is 10.2. The number of hydrogen-bond donors (Lipinski definition) is 0. The first kappa shape index (κ1) is 14.1. The van der Waals surface area contributed by atoms with Gasteiger partial charge in [-0.2, -0.15) is 0 Å². The molecule has 1 unspecified atom stereocenters. The molecule has 96 valence electrons. The lowest BCUT2D eigenvalue weighted by molar-refractivity contribution is -0.389. The van der Waals surface area contributed by atoms with Crippen molar-refractivity contribution in [1.29, 1.82) is 0 Å². The molecule has 1 aromatic rings. The highest BCUT2D eigenvalue weighted by Crippen LogP contribution is 2.32. The van der Waals surface area contributed by atoms with Crippen LogP contribution in [0.4, 0.5) is 11.4 Å². The minimum absolute atomic E-state index is 0.158. The van der Waals surface area contributed by atoms with Gasteiger partial charge >= 0.3 is 5.69 Å². The van der Waals surface area contributed by atoms with Crippen LogP contribution in [0.25, 0.3) is 0 Å². The molecule has 0 aromatic heterocycles. The van der Waals surface area contributed by atoms with Gasteiger partial charge in [0.2, 0.25) is 5.75 Å². The Labute approximate surface area is 110 Å². The van der Waals surface area contributed by atoms with Crippen LogP contribution in [-0.4, -0.2) is 14.9 Å². The van der Waals surface area contributed by atoms with Crippen LogP contribution in [-0.2, 0) is 0 Å². The van der Waals surface area contributed by atoms with Crippen LogP contribution in [0.5, 0.6) is 5.75 Å². The van der Waals surface area contributed by atoms with Gasteiger partial charge in [-0.05, 0) is 28.9 Å². The smallest absolute Gasteiger partial charge is 0.311 e. The minimum atomic E-state index is -0.658. The van der Waals surface area contributed by atoms with Crippen LogP contribution in [0, 0.1) is 20.2 Å². The van der Waals surface area contributed by atoms with Gasteiger partial charge in [0.1, 0.15) is 0 Å². The van der Waals surface area contributed by atoms with Crippen molar-refractivity contribution in [3.63, 3.8) is 0 Å². The molecule has 1 rings (SSSR count). The second-order valence-corrected chi connectivity index (χ2v) is 4.06. The van der Waals surface area contributed by atoms with Crippen molar-refractivity contribution in [2.24, 2.45) is 0 Å². The highest BCUT2D eigenvalue weighted by atomic mass is 79.9. The Morgan fingerprint density at radius 2 is 2.00 bits per heavy atom. The Kier molecular flexibility index (Phi) is 4.78. The molecule has 0 aliphatic rings. The molecule has 1 atom stereocenters. The molecule has 0 fully saturated rings. The zero-order valence-electron chi connectivity index (χ0n) is 9.28. The molecule has 0 bridgehead atoms. The molecule has 18 heavy (non-hydrogen) atoms. The maximum absolute atomic E-state index is 10.8. The van der Waals surface area contributed by atoms with Gasteiger partial charge in [-0.3, -0.25) is 20.2 Å². The van der Waals surface area contributed by atoms with Crippen LogP contribution in [0.1, 0.15) is 6.92 Å². The highest BCUT2D eigenvalue weighted by molar-refractivity contribution is 9.09. The first-order chi connectivity index (χ1) is 8.45. The molecule has 0 N–H and O–H groups in total. The first-order valence-electron chi connectivity index (χ1n) is 4.82. The zero-order chi connectivity index (χ0) is 13.7. The van der Waals surface area contributed by atoms with Crippen molar-refractivity contribution in [2.45, 2.75) is 11.9 Å². The monoisotopic (exact) mass is 316 g/mol. The molecule has 8 heteroatoms. The maximum Gasteiger partial charge on any atom is 0.311 e. The standard InChI is InChI=1S/C10H9BrN2O5/c1-2-3-10(11)18-9-6-7(12(14)15)4-5-8(9)13(16)17/h2-6,10H,1H3. The van der Waals surface area contributed by atoms with Gasteiger partial charge in [0.25, 0.3) is 5.69 Å². The van der Waals surface area contributed by atoms with Gasteiger partial charge in [-0.25, -0.2) is 0 Å². The summed E-state index contributed by atoms with van der Waals surface area (Å²) in [6.07, 6.45) is 3.28. The van der Waals surface area contributed by atoms with Crippen LogP contribution in [0.15, 0.2) is 30.4 Å². The van der Waals surface area contributed by atoms with Crippen molar-refractivity contribution < 1.29 is 14.6 Å². The topological polar surface area (TPSA) is 95.5 Å². The summed E-state index contributed by atoms with van der Waals surface area (Å²) >= 11 is 3.12. The summed E-state index contributed by atoms with van der Waals surface area (Å²) in [6.45, 7) is 1.75. The van der Waals surface area contributed by atoms with E-state index in [1.54, 1.807) is 19.1 Å². The molecular formula is C10H9BrN2O5. The zero-order valence-corrected chi connectivity index (χ0v) is 10.9. The summed E-state index contributed by atoms with van der Waals surface area (Å²) < 4.78 is 5.22. The Morgan fingerprint density at radius 3 is 2.50 bits per heavy atom. The average Bonchev–Trinajstić information content (AvgIpc) is 2.28. The Balaban J connectivity index is 3.15. The summed E-state index contributed by atoms with van der Waals surface area (Å²) in [7, 11) is 0. The maximum atomic E-state index is 10.8. The summed E-state index contributed by atoms with van der Waals surface area (Å²) in [6, 6.07) is 3.13. The van der Waals surface area contributed by atoms with Gasteiger partial charge in [-0.1, -0.05) is 6.08 Å². The van der Waals surface area contributed by atoms with E-state index < -0.39 is 14.9 Å². The number of nitro groups is 2. The fraction of sp³-hybridized carbons (Fsp3) is 0.200. The van der Waals surface area contributed by atoms with Crippen LogP contribution < -0.4 is 4.74 Å². The summed E-state index contributed by atoms with van der Waals surface area (Å²) in [5, 5.41) is 20.8. The molecule has 0 radical (unpaired) electrons. The summed E-state index contributed by atoms with van der Waals surface area (Å²) in [5.41, 5.74) is -0.592. The second kappa shape index (κ2) is 6.10. The number of allylic oxidation sites excluding steroid dienone is 1. The van der Waals surface area contributed by atoms with E-state index in [0.717, 1.165) is 18.2 Å². The number of rotatable bonds is 5. The predicted octanol–water partition coefficient (Wildman–Crippen LogP) is 3.18. The normalized spacial score (nSPS) is 12.3. The third kappa shape index (κ3) is 3.52. The molecule has 0 aliphatic carbocycles. The van der Waals surface area contributed by atoms with Crippen molar-refractivity contribution in [3.8, 4) is 5.75 Å². The second-order valence-electron chi connectivity index (χ2n) is 3.16. The molecule has 0 saturated heterocycles. The van der Waals surface area contributed by atoms with Gasteiger partial charge < -0.3 is 4.74 Å². The Bertz CT molecular complexity index is 503. The van der Waals surface area contributed by atoms with Gasteiger partial charge in [-0.15, -0.1) is 0 Å². The molecule has 7 nitrogen and oxygen atoms in total. The molecule has 0 heterocycles. The summed E-state index contributed by atoms with van der Waals surface area (Å²) in [4.78, 5) is 20.1. The van der Waals surface area contributed by atoms with Gasteiger partial charge in [0.15, 0.2) is 5.01 Å². The Hall–Kier alpha value is -1.96. The molecular weight excluding hydrogens is 308 g/mol. The van der Waals surface area contributed by atoms with Gasteiger partial charge in [0, 0.05) is 12.1 Å². The van der Waals surface area contributed by atoms with Gasteiger partial charge in [0.05, 0.1) is 15.9 Å². The Morgan fingerprint density at radius 1 is 1.33 bits per heavy atom. The number of nitro benzene ring substituents is 2. The number of hydrogen-bond acceptors (Lipinski definition) is 5.